The fourth-order valence-electron chi connectivity index (χ4n) is 2.93. The van der Waals surface area contributed by atoms with Crippen molar-refractivity contribution in [3.8, 4) is 17.0 Å². The molecule has 0 unspecified atom stereocenters. The van der Waals surface area contributed by atoms with Gasteiger partial charge in [-0.15, -0.1) is 13.2 Å². The Kier molecular flexibility index (Phi) is 6.16. The molecule has 0 aliphatic carbocycles. The van der Waals surface area contributed by atoms with E-state index >= 15 is 0 Å². The Morgan fingerprint density at radius 2 is 1.73 bits per heavy atom. The van der Waals surface area contributed by atoms with Crippen molar-refractivity contribution in [3.05, 3.63) is 91.0 Å². The molecule has 2 aromatic heterocycles. The Hall–Kier alpha value is -4.47. The summed E-state index contributed by atoms with van der Waals surface area (Å²) in [5.41, 5.74) is 2.77. The summed E-state index contributed by atoms with van der Waals surface area (Å²) in [7, 11) is 0. The molecule has 4 aromatic rings. The summed E-state index contributed by atoms with van der Waals surface area (Å²) >= 11 is 0. The van der Waals surface area contributed by atoms with E-state index in [4.69, 9.17) is 0 Å². The summed E-state index contributed by atoms with van der Waals surface area (Å²) < 4.78 is 40.8. The quantitative estimate of drug-likeness (QED) is 0.406. The fourth-order valence-corrected chi connectivity index (χ4v) is 2.93. The van der Waals surface area contributed by atoms with Crippen LogP contribution in [-0.2, 0) is 0 Å². The number of ether oxygens (including phenoxy) is 1. The largest absolute Gasteiger partial charge is 0.573 e. The highest BCUT2D eigenvalue weighted by molar-refractivity contribution is 6.04. The van der Waals surface area contributed by atoms with E-state index in [1.807, 2.05) is 0 Å². The first-order chi connectivity index (χ1) is 15.9. The molecule has 0 saturated heterocycles. The normalized spacial score (nSPS) is 11.0. The first kappa shape index (κ1) is 21.8. The van der Waals surface area contributed by atoms with Crippen LogP contribution in [0, 0.1) is 0 Å². The number of carbonyl (C=O) groups is 1. The van der Waals surface area contributed by atoms with Gasteiger partial charge in [-0.1, -0.05) is 12.1 Å². The molecule has 0 saturated carbocycles. The van der Waals surface area contributed by atoms with E-state index in [1.165, 1.54) is 30.6 Å². The number of carbonyl (C=O) groups excluding carboxylic acids is 1. The highest BCUT2D eigenvalue weighted by atomic mass is 19.4. The molecule has 2 N–H and O–H groups in total. The van der Waals surface area contributed by atoms with Gasteiger partial charge in [0.2, 0.25) is 0 Å². The van der Waals surface area contributed by atoms with Gasteiger partial charge >= 0.3 is 6.36 Å². The SMILES string of the molecule is O=C(Nc1cccnc1)c1cccc(-c2cc(Nc3ccc(OC(F)(F)F)cc3)ncn2)c1. The van der Waals surface area contributed by atoms with Crippen LogP contribution in [0.4, 0.5) is 30.4 Å². The summed E-state index contributed by atoms with van der Waals surface area (Å²) in [4.78, 5) is 24.9. The van der Waals surface area contributed by atoms with E-state index in [9.17, 15) is 18.0 Å². The minimum Gasteiger partial charge on any atom is -0.406 e. The number of pyridine rings is 1. The van der Waals surface area contributed by atoms with Crippen LogP contribution in [0.1, 0.15) is 10.4 Å². The Morgan fingerprint density at radius 3 is 2.45 bits per heavy atom. The topological polar surface area (TPSA) is 89.0 Å². The third kappa shape index (κ3) is 6.03. The van der Waals surface area contributed by atoms with Gasteiger partial charge in [0, 0.05) is 29.1 Å². The number of benzene rings is 2. The van der Waals surface area contributed by atoms with Crippen molar-refractivity contribution in [1.82, 2.24) is 15.0 Å². The fraction of sp³-hybridized carbons (Fsp3) is 0.0435. The van der Waals surface area contributed by atoms with Crippen molar-refractivity contribution >= 4 is 23.1 Å². The molecule has 0 atom stereocenters. The Morgan fingerprint density at radius 1 is 0.909 bits per heavy atom. The molecule has 2 aromatic carbocycles. The number of alkyl halides is 3. The van der Waals surface area contributed by atoms with E-state index in [2.05, 4.69) is 30.3 Å². The zero-order chi connectivity index (χ0) is 23.3. The van der Waals surface area contributed by atoms with E-state index < -0.39 is 6.36 Å². The van der Waals surface area contributed by atoms with Crippen LogP contribution in [0.15, 0.2) is 85.5 Å². The van der Waals surface area contributed by atoms with Crippen LogP contribution in [0.5, 0.6) is 5.75 Å². The number of nitrogens with one attached hydrogen (secondary N) is 2. The minimum atomic E-state index is -4.75. The van der Waals surface area contributed by atoms with Crippen LogP contribution < -0.4 is 15.4 Å². The lowest BCUT2D eigenvalue weighted by Gasteiger charge is -2.11. The van der Waals surface area contributed by atoms with Crippen molar-refractivity contribution in [3.63, 3.8) is 0 Å². The summed E-state index contributed by atoms with van der Waals surface area (Å²) in [5.74, 6) is -0.189. The van der Waals surface area contributed by atoms with Crippen molar-refractivity contribution < 1.29 is 22.7 Å². The molecule has 0 fully saturated rings. The van der Waals surface area contributed by atoms with Crippen LogP contribution in [-0.4, -0.2) is 27.2 Å². The maximum atomic E-state index is 12.6. The van der Waals surface area contributed by atoms with Gasteiger partial charge in [0.1, 0.15) is 17.9 Å². The van der Waals surface area contributed by atoms with E-state index in [1.54, 1.807) is 54.9 Å². The number of amides is 1. The molecule has 0 spiro atoms. The molecule has 0 radical (unpaired) electrons. The standard InChI is InChI=1S/C23H16F3N5O2/c24-23(25,26)33-19-8-6-17(7-9-19)30-21-12-20(28-14-29-21)15-3-1-4-16(11-15)22(32)31-18-5-2-10-27-13-18/h1-14H,(H,31,32)(H,28,29,30). The average Bonchev–Trinajstić information content (AvgIpc) is 2.80. The van der Waals surface area contributed by atoms with Crippen LogP contribution in [0.25, 0.3) is 11.3 Å². The zero-order valence-corrected chi connectivity index (χ0v) is 16.9. The third-order valence-corrected chi connectivity index (χ3v) is 4.37. The number of rotatable bonds is 6. The maximum absolute atomic E-state index is 12.6. The highest BCUT2D eigenvalue weighted by Gasteiger charge is 2.30. The first-order valence-electron chi connectivity index (χ1n) is 9.62. The average molecular weight is 451 g/mol. The number of aromatic nitrogens is 3. The van der Waals surface area contributed by atoms with Gasteiger partial charge in [-0.05, 0) is 48.5 Å². The lowest BCUT2D eigenvalue weighted by Crippen LogP contribution is -2.16. The van der Waals surface area contributed by atoms with Crippen LogP contribution in [0.3, 0.4) is 0 Å². The Labute approximate surface area is 186 Å². The summed E-state index contributed by atoms with van der Waals surface area (Å²) in [6.45, 7) is 0. The van der Waals surface area contributed by atoms with Crippen molar-refractivity contribution in [2.24, 2.45) is 0 Å². The van der Waals surface area contributed by atoms with E-state index in [0.717, 1.165) is 0 Å². The molecule has 4 rings (SSSR count). The van der Waals surface area contributed by atoms with Gasteiger partial charge in [-0.3, -0.25) is 9.78 Å². The molecular weight excluding hydrogens is 435 g/mol. The lowest BCUT2D eigenvalue weighted by atomic mass is 10.1. The summed E-state index contributed by atoms with van der Waals surface area (Å²) in [6.07, 6.45) is -0.241. The van der Waals surface area contributed by atoms with Crippen molar-refractivity contribution in [2.45, 2.75) is 6.36 Å². The predicted octanol–water partition coefficient (Wildman–Crippen LogP) is 5.43. The second-order valence-corrected chi connectivity index (χ2v) is 6.76. The van der Waals surface area contributed by atoms with Gasteiger partial charge < -0.3 is 15.4 Å². The van der Waals surface area contributed by atoms with Crippen molar-refractivity contribution in [2.75, 3.05) is 10.6 Å². The monoisotopic (exact) mass is 451 g/mol. The lowest BCUT2D eigenvalue weighted by molar-refractivity contribution is -0.274. The molecule has 2 heterocycles. The van der Waals surface area contributed by atoms with E-state index in [-0.39, 0.29) is 11.7 Å². The number of hydrogen-bond acceptors (Lipinski definition) is 6. The summed E-state index contributed by atoms with van der Waals surface area (Å²) in [5, 5.41) is 5.77. The van der Waals surface area contributed by atoms with Gasteiger partial charge in [0.25, 0.3) is 5.91 Å². The maximum Gasteiger partial charge on any atom is 0.573 e. The van der Waals surface area contributed by atoms with Crippen LogP contribution >= 0.6 is 0 Å². The third-order valence-electron chi connectivity index (χ3n) is 4.37. The molecule has 0 aliphatic heterocycles. The molecule has 10 heteroatoms. The number of anilines is 3. The molecule has 0 aliphatic rings. The summed E-state index contributed by atoms with van der Waals surface area (Å²) in [6, 6.07) is 17.3. The second-order valence-electron chi connectivity index (χ2n) is 6.76. The molecular formula is C23H16F3N5O2. The Bertz CT molecular complexity index is 1250. The van der Waals surface area contributed by atoms with Gasteiger partial charge in [0.05, 0.1) is 17.6 Å². The zero-order valence-electron chi connectivity index (χ0n) is 16.9. The molecule has 1 amide bonds. The van der Waals surface area contributed by atoms with Gasteiger partial charge in [-0.25, -0.2) is 9.97 Å². The van der Waals surface area contributed by atoms with Gasteiger partial charge in [-0.2, -0.15) is 0 Å². The number of halogens is 3. The number of hydrogen-bond donors (Lipinski definition) is 2. The predicted molar refractivity (Wildman–Crippen MR) is 116 cm³/mol. The van der Waals surface area contributed by atoms with E-state index in [0.29, 0.717) is 34.0 Å². The molecule has 7 nitrogen and oxygen atoms in total. The minimum absolute atomic E-state index is 0.293. The first-order valence-corrected chi connectivity index (χ1v) is 9.62. The van der Waals surface area contributed by atoms with Crippen LogP contribution in [0.2, 0.25) is 0 Å². The van der Waals surface area contributed by atoms with Crippen molar-refractivity contribution in [1.29, 1.82) is 0 Å². The van der Waals surface area contributed by atoms with Gasteiger partial charge in [0.15, 0.2) is 0 Å². The Balaban J connectivity index is 1.49. The molecule has 166 valence electrons. The number of nitrogens with zero attached hydrogens (tertiary/aromatic N) is 3. The molecule has 0 bridgehead atoms. The second kappa shape index (κ2) is 9.35. The smallest absolute Gasteiger partial charge is 0.406 e. The molecule has 33 heavy (non-hydrogen) atoms. The highest BCUT2D eigenvalue weighted by Crippen LogP contribution is 2.26.